The van der Waals surface area contributed by atoms with Crippen LogP contribution in [0, 0.1) is 17.0 Å². The molecule has 1 aliphatic heterocycles. The molecule has 3 rings (SSSR count). The van der Waals surface area contributed by atoms with Crippen molar-refractivity contribution in [3.63, 3.8) is 0 Å². The van der Waals surface area contributed by atoms with Gasteiger partial charge in [-0.25, -0.2) is 8.42 Å². The van der Waals surface area contributed by atoms with Gasteiger partial charge in [0.15, 0.2) is 0 Å². The number of aryl methyl sites for hydroxylation is 1. The smallest absolute Gasteiger partial charge is 0.273 e. The molecular formula is C21H26N4O6S. The van der Waals surface area contributed by atoms with Crippen molar-refractivity contribution in [1.82, 2.24) is 14.5 Å². The Morgan fingerprint density at radius 1 is 1.12 bits per heavy atom. The minimum atomic E-state index is -3.57. The number of benzene rings is 2. The number of sulfonamides is 1. The van der Waals surface area contributed by atoms with Crippen molar-refractivity contribution >= 4 is 21.6 Å². The molecule has 10 nitrogen and oxygen atoms in total. The lowest BCUT2D eigenvalue weighted by atomic mass is 10.1. The van der Waals surface area contributed by atoms with E-state index < -0.39 is 14.9 Å². The molecule has 1 amide bonds. The van der Waals surface area contributed by atoms with E-state index in [-0.39, 0.29) is 22.1 Å². The summed E-state index contributed by atoms with van der Waals surface area (Å²) in [6, 6.07) is 10.7. The lowest BCUT2D eigenvalue weighted by Gasteiger charge is -2.34. The number of nitrogens with zero attached hydrogens (tertiary/aromatic N) is 3. The minimum Gasteiger partial charge on any atom is -0.497 e. The number of hydrogen-bond donors (Lipinski definition) is 1. The molecule has 0 saturated carbocycles. The van der Waals surface area contributed by atoms with Crippen LogP contribution in [-0.4, -0.2) is 74.8 Å². The van der Waals surface area contributed by atoms with E-state index in [0.29, 0.717) is 50.6 Å². The van der Waals surface area contributed by atoms with Gasteiger partial charge in [-0.05, 0) is 37.3 Å². The van der Waals surface area contributed by atoms with Crippen LogP contribution in [0.1, 0.15) is 15.9 Å². The van der Waals surface area contributed by atoms with Gasteiger partial charge in [0, 0.05) is 56.5 Å². The third-order valence-corrected chi connectivity index (χ3v) is 7.32. The molecule has 172 valence electrons. The number of carbonyl (C=O) groups is 1. The van der Waals surface area contributed by atoms with E-state index in [1.54, 1.807) is 31.2 Å². The van der Waals surface area contributed by atoms with Crippen molar-refractivity contribution in [1.29, 1.82) is 0 Å². The molecule has 1 fully saturated rings. The molecule has 32 heavy (non-hydrogen) atoms. The summed E-state index contributed by atoms with van der Waals surface area (Å²) in [5.74, 6) is 0.213. The van der Waals surface area contributed by atoms with E-state index in [4.69, 9.17) is 4.74 Å². The van der Waals surface area contributed by atoms with Gasteiger partial charge in [0.05, 0.1) is 16.9 Å². The monoisotopic (exact) mass is 462 g/mol. The summed E-state index contributed by atoms with van der Waals surface area (Å²) in [4.78, 5) is 25.1. The Morgan fingerprint density at radius 3 is 2.38 bits per heavy atom. The molecule has 0 bridgehead atoms. The van der Waals surface area contributed by atoms with Crippen LogP contribution in [0.2, 0.25) is 0 Å². The van der Waals surface area contributed by atoms with Crippen LogP contribution in [0.15, 0.2) is 47.4 Å². The maximum atomic E-state index is 12.8. The lowest BCUT2D eigenvalue weighted by Crippen LogP contribution is -2.50. The van der Waals surface area contributed by atoms with E-state index in [0.717, 1.165) is 0 Å². The largest absolute Gasteiger partial charge is 0.497 e. The predicted octanol–water partition coefficient (Wildman–Crippen LogP) is 1.65. The summed E-state index contributed by atoms with van der Waals surface area (Å²) < 4.78 is 32.2. The molecule has 0 aliphatic carbocycles. The van der Waals surface area contributed by atoms with Crippen LogP contribution in [0.5, 0.6) is 5.75 Å². The average Bonchev–Trinajstić information content (AvgIpc) is 2.79. The van der Waals surface area contributed by atoms with Crippen LogP contribution in [0.3, 0.4) is 0 Å². The fourth-order valence-electron chi connectivity index (χ4n) is 3.47. The third-order valence-electron chi connectivity index (χ3n) is 5.41. The van der Waals surface area contributed by atoms with E-state index in [9.17, 15) is 23.3 Å². The first-order valence-corrected chi connectivity index (χ1v) is 11.6. The number of amides is 1. The van der Waals surface area contributed by atoms with Crippen molar-refractivity contribution in [3.8, 4) is 5.75 Å². The lowest BCUT2D eigenvalue weighted by molar-refractivity contribution is -0.385. The number of rotatable bonds is 8. The van der Waals surface area contributed by atoms with E-state index in [2.05, 4.69) is 10.2 Å². The highest BCUT2D eigenvalue weighted by atomic mass is 32.2. The second-order valence-corrected chi connectivity index (χ2v) is 9.37. The maximum Gasteiger partial charge on any atom is 0.273 e. The van der Waals surface area contributed by atoms with Crippen molar-refractivity contribution in [2.75, 3.05) is 46.4 Å². The van der Waals surface area contributed by atoms with Gasteiger partial charge in [-0.2, -0.15) is 4.31 Å². The highest BCUT2D eigenvalue weighted by Gasteiger charge is 2.28. The zero-order valence-electron chi connectivity index (χ0n) is 18.0. The first kappa shape index (κ1) is 23.6. The summed E-state index contributed by atoms with van der Waals surface area (Å²) in [7, 11) is -2.05. The number of hydrogen-bond acceptors (Lipinski definition) is 7. The Labute approximate surface area is 187 Å². The van der Waals surface area contributed by atoms with Gasteiger partial charge in [0.25, 0.3) is 11.6 Å². The molecule has 1 heterocycles. The quantitative estimate of drug-likeness (QED) is 0.467. The third kappa shape index (κ3) is 5.42. The fourth-order valence-corrected chi connectivity index (χ4v) is 4.89. The number of carbonyl (C=O) groups excluding carboxylic acids is 1. The molecule has 1 saturated heterocycles. The molecule has 1 aliphatic rings. The summed E-state index contributed by atoms with van der Waals surface area (Å²) in [5, 5.41) is 13.8. The van der Waals surface area contributed by atoms with Gasteiger partial charge in [0.1, 0.15) is 5.75 Å². The number of nitro benzene ring substituents is 1. The van der Waals surface area contributed by atoms with E-state index in [1.165, 1.54) is 29.6 Å². The summed E-state index contributed by atoms with van der Waals surface area (Å²) in [5.41, 5.74) is 0.638. The zero-order valence-corrected chi connectivity index (χ0v) is 18.8. The Balaban J connectivity index is 1.48. The molecular weight excluding hydrogens is 436 g/mol. The molecule has 0 atom stereocenters. The highest BCUT2D eigenvalue weighted by molar-refractivity contribution is 7.89. The minimum absolute atomic E-state index is 0.0909. The number of methoxy groups -OCH3 is 1. The first-order chi connectivity index (χ1) is 15.2. The fraction of sp³-hybridized carbons (Fsp3) is 0.381. The predicted molar refractivity (Wildman–Crippen MR) is 118 cm³/mol. The standard InChI is InChI=1S/C21H26N4O6S/c1-16-3-4-17(15-20(16)25(27)28)21(26)22-9-10-23-11-13-24(14-12-23)32(29,30)19-7-5-18(31-2)6-8-19/h3-8,15H,9-14H2,1-2H3,(H,22,26). The van der Waals surface area contributed by atoms with Crippen LogP contribution < -0.4 is 10.1 Å². The number of ether oxygens (including phenoxy) is 1. The Bertz CT molecular complexity index is 1080. The van der Waals surface area contributed by atoms with E-state index >= 15 is 0 Å². The van der Waals surface area contributed by atoms with Gasteiger partial charge in [-0.1, -0.05) is 6.07 Å². The van der Waals surface area contributed by atoms with Gasteiger partial charge in [0.2, 0.25) is 10.0 Å². The Morgan fingerprint density at radius 2 is 1.78 bits per heavy atom. The highest BCUT2D eigenvalue weighted by Crippen LogP contribution is 2.21. The van der Waals surface area contributed by atoms with Crippen LogP contribution >= 0.6 is 0 Å². The van der Waals surface area contributed by atoms with Gasteiger partial charge in [-0.3, -0.25) is 19.8 Å². The molecule has 2 aromatic carbocycles. The number of piperazine rings is 1. The molecule has 2 aromatic rings. The van der Waals surface area contributed by atoms with Crippen molar-refractivity contribution in [2.45, 2.75) is 11.8 Å². The molecule has 11 heteroatoms. The summed E-state index contributed by atoms with van der Waals surface area (Å²) in [6.07, 6.45) is 0. The van der Waals surface area contributed by atoms with Gasteiger partial charge in [-0.15, -0.1) is 0 Å². The normalized spacial score (nSPS) is 15.3. The zero-order chi connectivity index (χ0) is 23.3. The Hall–Kier alpha value is -3.02. The molecule has 1 N–H and O–H groups in total. The van der Waals surface area contributed by atoms with E-state index in [1.807, 2.05) is 0 Å². The van der Waals surface area contributed by atoms with Gasteiger partial charge < -0.3 is 10.1 Å². The topological polar surface area (TPSA) is 122 Å². The Kier molecular flexibility index (Phi) is 7.44. The van der Waals surface area contributed by atoms with Crippen molar-refractivity contribution in [3.05, 3.63) is 63.7 Å². The summed E-state index contributed by atoms with van der Waals surface area (Å²) in [6.45, 7) is 4.32. The van der Waals surface area contributed by atoms with Crippen LogP contribution in [-0.2, 0) is 10.0 Å². The molecule has 0 radical (unpaired) electrons. The second-order valence-electron chi connectivity index (χ2n) is 7.44. The number of nitrogens with one attached hydrogen (secondary N) is 1. The maximum absolute atomic E-state index is 12.8. The summed E-state index contributed by atoms with van der Waals surface area (Å²) >= 11 is 0. The SMILES string of the molecule is COc1ccc(S(=O)(=O)N2CCN(CCNC(=O)c3ccc(C)c([N+](=O)[O-])c3)CC2)cc1. The van der Waals surface area contributed by atoms with Gasteiger partial charge >= 0.3 is 0 Å². The van der Waals surface area contributed by atoms with Crippen molar-refractivity contribution < 1.29 is 22.9 Å². The average molecular weight is 463 g/mol. The van der Waals surface area contributed by atoms with Crippen LogP contribution in [0.4, 0.5) is 5.69 Å². The first-order valence-electron chi connectivity index (χ1n) is 10.1. The molecule has 0 unspecified atom stereocenters. The van der Waals surface area contributed by atoms with Crippen molar-refractivity contribution in [2.24, 2.45) is 0 Å². The molecule has 0 spiro atoms. The number of nitro groups is 1. The molecule has 0 aromatic heterocycles. The second kappa shape index (κ2) is 10.1. The van der Waals surface area contributed by atoms with Crippen LogP contribution in [0.25, 0.3) is 0 Å².